The Kier molecular flexibility index (Phi) is 6.68. The SMILES string of the molecule is CN(C)CCN(C(=O)c1cc(Br)ccc1Cl)C1CCOCC1. The van der Waals surface area contributed by atoms with E-state index in [1.54, 1.807) is 12.1 Å². The second kappa shape index (κ2) is 8.29. The number of carbonyl (C=O) groups is 1. The minimum absolute atomic E-state index is 0.0000463. The van der Waals surface area contributed by atoms with Crippen molar-refractivity contribution >= 4 is 33.4 Å². The number of nitrogens with zero attached hydrogens (tertiary/aromatic N) is 2. The zero-order chi connectivity index (χ0) is 16.1. The van der Waals surface area contributed by atoms with Crippen LogP contribution >= 0.6 is 27.5 Å². The molecular formula is C16H22BrClN2O2. The number of halogens is 2. The minimum atomic E-state index is 0.0000463. The zero-order valence-electron chi connectivity index (χ0n) is 13.0. The van der Waals surface area contributed by atoms with E-state index in [4.69, 9.17) is 16.3 Å². The van der Waals surface area contributed by atoms with Crippen molar-refractivity contribution in [3.63, 3.8) is 0 Å². The normalized spacial score (nSPS) is 16.0. The number of likely N-dealkylation sites (N-methyl/N-ethyl adjacent to an activating group) is 1. The number of carbonyl (C=O) groups excluding carboxylic acids is 1. The lowest BCUT2D eigenvalue weighted by Crippen LogP contribution is -2.46. The molecule has 6 heteroatoms. The van der Waals surface area contributed by atoms with E-state index in [1.807, 2.05) is 25.1 Å². The Labute approximate surface area is 145 Å². The van der Waals surface area contributed by atoms with Gasteiger partial charge in [0.2, 0.25) is 0 Å². The van der Waals surface area contributed by atoms with Crippen molar-refractivity contribution in [3.8, 4) is 0 Å². The van der Waals surface area contributed by atoms with Crippen LogP contribution in [0.2, 0.25) is 5.02 Å². The Morgan fingerprint density at radius 2 is 2.00 bits per heavy atom. The van der Waals surface area contributed by atoms with E-state index < -0.39 is 0 Å². The summed E-state index contributed by atoms with van der Waals surface area (Å²) in [5.74, 6) is 0.0000463. The van der Waals surface area contributed by atoms with E-state index in [-0.39, 0.29) is 11.9 Å². The topological polar surface area (TPSA) is 32.8 Å². The first-order valence-corrected chi connectivity index (χ1v) is 8.64. The molecule has 0 N–H and O–H groups in total. The summed E-state index contributed by atoms with van der Waals surface area (Å²) in [6.07, 6.45) is 1.76. The van der Waals surface area contributed by atoms with E-state index >= 15 is 0 Å². The fourth-order valence-corrected chi connectivity index (χ4v) is 3.13. The molecule has 1 aliphatic rings. The quantitative estimate of drug-likeness (QED) is 0.775. The molecule has 1 amide bonds. The van der Waals surface area contributed by atoms with E-state index in [0.717, 1.165) is 23.9 Å². The molecule has 1 aromatic carbocycles. The summed E-state index contributed by atoms with van der Waals surface area (Å²) in [4.78, 5) is 17.0. The van der Waals surface area contributed by atoms with Crippen molar-refractivity contribution in [2.75, 3.05) is 40.4 Å². The average Bonchev–Trinajstić information content (AvgIpc) is 2.50. The molecule has 1 aliphatic heterocycles. The third-order valence-electron chi connectivity index (χ3n) is 3.84. The highest BCUT2D eigenvalue weighted by Crippen LogP contribution is 2.25. The fourth-order valence-electron chi connectivity index (χ4n) is 2.57. The Bertz CT molecular complexity index is 519. The van der Waals surface area contributed by atoms with Crippen molar-refractivity contribution in [3.05, 3.63) is 33.3 Å². The molecule has 0 atom stereocenters. The Morgan fingerprint density at radius 1 is 1.32 bits per heavy atom. The van der Waals surface area contributed by atoms with Crippen LogP contribution in [-0.2, 0) is 4.74 Å². The maximum atomic E-state index is 13.0. The summed E-state index contributed by atoms with van der Waals surface area (Å²) in [6.45, 7) is 2.94. The molecule has 0 bridgehead atoms. The van der Waals surface area contributed by atoms with Crippen LogP contribution in [0, 0.1) is 0 Å². The summed E-state index contributed by atoms with van der Waals surface area (Å²) in [5.41, 5.74) is 0.557. The van der Waals surface area contributed by atoms with Gasteiger partial charge in [-0.1, -0.05) is 27.5 Å². The summed E-state index contributed by atoms with van der Waals surface area (Å²) >= 11 is 9.65. The average molecular weight is 390 g/mol. The van der Waals surface area contributed by atoms with Gasteiger partial charge in [-0.05, 0) is 45.1 Å². The minimum Gasteiger partial charge on any atom is -0.381 e. The molecular weight excluding hydrogens is 368 g/mol. The third kappa shape index (κ3) is 4.69. The van der Waals surface area contributed by atoms with Crippen molar-refractivity contribution in [1.29, 1.82) is 0 Å². The number of amides is 1. The summed E-state index contributed by atoms with van der Waals surface area (Å²) < 4.78 is 6.28. The van der Waals surface area contributed by atoms with Crippen LogP contribution in [0.5, 0.6) is 0 Å². The van der Waals surface area contributed by atoms with Gasteiger partial charge >= 0.3 is 0 Å². The molecule has 0 saturated carbocycles. The first-order valence-electron chi connectivity index (χ1n) is 7.47. The van der Waals surface area contributed by atoms with E-state index in [2.05, 4.69) is 20.8 Å². The molecule has 1 saturated heterocycles. The van der Waals surface area contributed by atoms with Gasteiger partial charge < -0.3 is 14.5 Å². The third-order valence-corrected chi connectivity index (χ3v) is 4.66. The van der Waals surface area contributed by atoms with E-state index in [1.165, 1.54) is 0 Å². The van der Waals surface area contributed by atoms with Gasteiger partial charge in [-0.2, -0.15) is 0 Å². The van der Waals surface area contributed by atoms with Gasteiger partial charge in [0.15, 0.2) is 0 Å². The lowest BCUT2D eigenvalue weighted by molar-refractivity contribution is 0.0276. The second-order valence-electron chi connectivity index (χ2n) is 5.77. The Balaban J connectivity index is 2.22. The maximum Gasteiger partial charge on any atom is 0.255 e. The van der Waals surface area contributed by atoms with Gasteiger partial charge in [0, 0.05) is 36.8 Å². The maximum absolute atomic E-state index is 13.0. The number of ether oxygens (including phenoxy) is 1. The largest absolute Gasteiger partial charge is 0.381 e. The molecule has 1 aromatic rings. The van der Waals surface area contributed by atoms with Crippen LogP contribution in [0.4, 0.5) is 0 Å². The Hall–Kier alpha value is -0.620. The molecule has 22 heavy (non-hydrogen) atoms. The van der Waals surface area contributed by atoms with Crippen LogP contribution < -0.4 is 0 Å². The lowest BCUT2D eigenvalue weighted by Gasteiger charge is -2.35. The molecule has 0 unspecified atom stereocenters. The highest BCUT2D eigenvalue weighted by atomic mass is 79.9. The lowest BCUT2D eigenvalue weighted by atomic mass is 10.1. The fraction of sp³-hybridized carbons (Fsp3) is 0.562. The predicted molar refractivity (Wildman–Crippen MR) is 92.6 cm³/mol. The number of hydrogen-bond acceptors (Lipinski definition) is 3. The van der Waals surface area contributed by atoms with E-state index in [9.17, 15) is 4.79 Å². The van der Waals surface area contributed by atoms with Crippen LogP contribution in [0.15, 0.2) is 22.7 Å². The molecule has 122 valence electrons. The van der Waals surface area contributed by atoms with Gasteiger partial charge in [0.05, 0.1) is 10.6 Å². The second-order valence-corrected chi connectivity index (χ2v) is 7.09. The molecule has 2 rings (SSSR count). The first-order chi connectivity index (χ1) is 10.5. The highest BCUT2D eigenvalue weighted by molar-refractivity contribution is 9.10. The Morgan fingerprint density at radius 3 is 2.64 bits per heavy atom. The van der Waals surface area contributed by atoms with Crippen LogP contribution in [0.1, 0.15) is 23.2 Å². The number of rotatable bonds is 5. The molecule has 0 spiro atoms. The predicted octanol–water partition coefficient (Wildman–Crippen LogP) is 3.29. The standard InChI is InChI=1S/C16H22BrClN2O2/c1-19(2)7-8-20(13-5-9-22-10-6-13)16(21)14-11-12(17)3-4-15(14)18/h3-4,11,13H,5-10H2,1-2H3. The first kappa shape index (κ1) is 17.7. The number of benzene rings is 1. The summed E-state index contributed by atoms with van der Waals surface area (Å²) in [7, 11) is 4.03. The van der Waals surface area contributed by atoms with Gasteiger partial charge in [-0.15, -0.1) is 0 Å². The van der Waals surface area contributed by atoms with Crippen LogP contribution in [0.25, 0.3) is 0 Å². The number of hydrogen-bond donors (Lipinski definition) is 0. The molecule has 0 aliphatic carbocycles. The summed E-state index contributed by atoms with van der Waals surface area (Å²) in [5, 5.41) is 0.495. The monoisotopic (exact) mass is 388 g/mol. The molecule has 0 aromatic heterocycles. The molecule has 4 nitrogen and oxygen atoms in total. The highest BCUT2D eigenvalue weighted by Gasteiger charge is 2.27. The molecule has 1 fully saturated rings. The molecule has 1 heterocycles. The van der Waals surface area contributed by atoms with Crippen molar-refractivity contribution < 1.29 is 9.53 Å². The molecule has 0 radical (unpaired) electrons. The van der Waals surface area contributed by atoms with Gasteiger partial charge in [-0.25, -0.2) is 0 Å². The van der Waals surface area contributed by atoms with Gasteiger partial charge in [-0.3, -0.25) is 4.79 Å². The van der Waals surface area contributed by atoms with Crippen LogP contribution in [0.3, 0.4) is 0 Å². The van der Waals surface area contributed by atoms with Crippen molar-refractivity contribution in [2.45, 2.75) is 18.9 Å². The zero-order valence-corrected chi connectivity index (χ0v) is 15.4. The van der Waals surface area contributed by atoms with Crippen LogP contribution in [-0.4, -0.2) is 62.1 Å². The smallest absolute Gasteiger partial charge is 0.255 e. The van der Waals surface area contributed by atoms with E-state index in [0.29, 0.717) is 30.3 Å². The summed E-state index contributed by atoms with van der Waals surface area (Å²) in [6, 6.07) is 5.62. The van der Waals surface area contributed by atoms with Crippen molar-refractivity contribution in [2.24, 2.45) is 0 Å². The van der Waals surface area contributed by atoms with Gasteiger partial charge in [0.1, 0.15) is 0 Å². The van der Waals surface area contributed by atoms with Crippen molar-refractivity contribution in [1.82, 2.24) is 9.80 Å². The van der Waals surface area contributed by atoms with Gasteiger partial charge in [0.25, 0.3) is 5.91 Å².